The van der Waals surface area contributed by atoms with Crippen molar-refractivity contribution in [1.82, 2.24) is 20.1 Å². The fourth-order valence-electron chi connectivity index (χ4n) is 4.33. The topological polar surface area (TPSA) is 54.9 Å². The fraction of sp³-hybridized carbons (Fsp3) is 0.450. The fourth-order valence-corrected chi connectivity index (χ4v) is 4.33. The van der Waals surface area contributed by atoms with Crippen LogP contribution in [0.2, 0.25) is 0 Å². The lowest BCUT2D eigenvalue weighted by atomic mass is 9.92. The van der Waals surface area contributed by atoms with Crippen molar-refractivity contribution >= 4 is 10.9 Å². The third-order valence-electron chi connectivity index (χ3n) is 5.62. The van der Waals surface area contributed by atoms with Crippen molar-refractivity contribution in [3.05, 3.63) is 53.5 Å². The summed E-state index contributed by atoms with van der Waals surface area (Å²) in [5.41, 5.74) is 5.22. The predicted octanol–water partition coefficient (Wildman–Crippen LogP) is 3.34. The zero-order valence-electron chi connectivity index (χ0n) is 14.5. The number of aromatic amines is 1. The average molecular weight is 336 g/mol. The van der Waals surface area contributed by atoms with Crippen LogP contribution in [0.4, 0.5) is 0 Å². The van der Waals surface area contributed by atoms with Gasteiger partial charge >= 0.3 is 0 Å². The Kier molecular flexibility index (Phi) is 3.64. The molecule has 2 aliphatic rings. The molecule has 2 aliphatic heterocycles. The summed E-state index contributed by atoms with van der Waals surface area (Å²) in [6.07, 6.45) is 7.41. The molecule has 130 valence electrons. The Labute approximate surface area is 147 Å². The first-order valence-corrected chi connectivity index (χ1v) is 9.27. The minimum atomic E-state index is 0.180. The Morgan fingerprint density at radius 1 is 1.20 bits per heavy atom. The monoisotopic (exact) mass is 336 g/mol. The lowest BCUT2D eigenvalue weighted by Gasteiger charge is -2.29. The summed E-state index contributed by atoms with van der Waals surface area (Å²) in [6, 6.07) is 9.71. The van der Waals surface area contributed by atoms with E-state index in [1.54, 1.807) is 0 Å². The van der Waals surface area contributed by atoms with Crippen LogP contribution in [0.15, 0.2) is 36.7 Å². The van der Waals surface area contributed by atoms with Crippen molar-refractivity contribution in [2.75, 3.05) is 13.2 Å². The molecular formula is C20H24N4O. The van der Waals surface area contributed by atoms with Gasteiger partial charge in [0.1, 0.15) is 0 Å². The van der Waals surface area contributed by atoms with Gasteiger partial charge in [0, 0.05) is 47.6 Å². The number of benzene rings is 1. The maximum absolute atomic E-state index is 5.48. The number of ether oxygens (including phenoxy) is 1. The van der Waals surface area contributed by atoms with E-state index in [1.165, 1.54) is 27.7 Å². The molecule has 5 rings (SSSR count). The molecule has 0 saturated carbocycles. The first kappa shape index (κ1) is 15.2. The summed E-state index contributed by atoms with van der Waals surface area (Å²) in [6.45, 7) is 3.94. The first-order valence-electron chi connectivity index (χ1n) is 9.27. The van der Waals surface area contributed by atoms with Gasteiger partial charge in [0.05, 0.1) is 18.3 Å². The van der Waals surface area contributed by atoms with Crippen LogP contribution in [-0.4, -0.2) is 34.0 Å². The zero-order valence-corrected chi connectivity index (χ0v) is 14.5. The summed E-state index contributed by atoms with van der Waals surface area (Å²) in [5.74, 6) is 0. The van der Waals surface area contributed by atoms with E-state index in [2.05, 4.69) is 57.5 Å². The second kappa shape index (κ2) is 6.00. The van der Waals surface area contributed by atoms with Crippen LogP contribution >= 0.6 is 0 Å². The highest BCUT2D eigenvalue weighted by Crippen LogP contribution is 2.35. The molecule has 2 atom stereocenters. The Morgan fingerprint density at radius 2 is 2.04 bits per heavy atom. The minimum Gasteiger partial charge on any atom is -0.381 e. The van der Waals surface area contributed by atoms with Crippen molar-refractivity contribution in [3.8, 4) is 0 Å². The standard InChI is InChI=1S/C20H24N4O/c1-13-10-17-16-4-2-3-5-18(16)23-20(17)19(22-13)14-11-21-24(12-14)15-6-8-25-9-7-15/h2-5,11-13,15,19,22-23H,6-10H2,1H3/t13-,19+/m0/s1. The van der Waals surface area contributed by atoms with Gasteiger partial charge in [0.15, 0.2) is 0 Å². The Bertz CT molecular complexity index is 890. The third-order valence-corrected chi connectivity index (χ3v) is 5.62. The first-order chi connectivity index (χ1) is 12.3. The van der Waals surface area contributed by atoms with Crippen LogP contribution in [0.25, 0.3) is 10.9 Å². The van der Waals surface area contributed by atoms with Gasteiger partial charge in [-0.05, 0) is 37.8 Å². The number of para-hydroxylation sites is 1. The Morgan fingerprint density at radius 3 is 2.92 bits per heavy atom. The van der Waals surface area contributed by atoms with Crippen LogP contribution in [0, 0.1) is 0 Å². The van der Waals surface area contributed by atoms with Crippen LogP contribution in [0.3, 0.4) is 0 Å². The summed E-state index contributed by atoms with van der Waals surface area (Å²) >= 11 is 0. The molecule has 0 unspecified atom stereocenters. The molecule has 0 bridgehead atoms. The molecule has 1 fully saturated rings. The summed E-state index contributed by atoms with van der Waals surface area (Å²) in [4.78, 5) is 3.65. The molecule has 0 spiro atoms. The molecule has 2 N–H and O–H groups in total. The van der Waals surface area contributed by atoms with Gasteiger partial charge in [-0.25, -0.2) is 0 Å². The molecular weight excluding hydrogens is 312 g/mol. The maximum atomic E-state index is 5.48. The SMILES string of the molecule is C[C@H]1Cc2c([nH]c3ccccc23)[C@@H](c2cnn(C3CCOCC3)c2)N1. The second-order valence-corrected chi connectivity index (χ2v) is 7.36. The van der Waals surface area contributed by atoms with Crippen LogP contribution in [-0.2, 0) is 11.2 Å². The second-order valence-electron chi connectivity index (χ2n) is 7.36. The van der Waals surface area contributed by atoms with E-state index >= 15 is 0 Å². The molecule has 1 aromatic carbocycles. The van der Waals surface area contributed by atoms with Crippen LogP contribution in [0.1, 0.15) is 48.7 Å². The number of hydrogen-bond acceptors (Lipinski definition) is 3. The van der Waals surface area contributed by atoms with Gasteiger partial charge in [-0.2, -0.15) is 5.10 Å². The molecule has 5 nitrogen and oxygen atoms in total. The van der Waals surface area contributed by atoms with Crippen molar-refractivity contribution in [2.24, 2.45) is 0 Å². The van der Waals surface area contributed by atoms with E-state index in [0.717, 1.165) is 32.5 Å². The molecule has 3 aromatic rings. The van der Waals surface area contributed by atoms with E-state index in [1.807, 2.05) is 6.20 Å². The molecule has 0 amide bonds. The summed E-state index contributed by atoms with van der Waals surface area (Å²) < 4.78 is 7.62. The number of nitrogens with one attached hydrogen (secondary N) is 2. The van der Waals surface area contributed by atoms with Gasteiger partial charge in [-0.15, -0.1) is 0 Å². The minimum absolute atomic E-state index is 0.180. The van der Waals surface area contributed by atoms with Crippen LogP contribution in [0.5, 0.6) is 0 Å². The van der Waals surface area contributed by atoms with Crippen molar-refractivity contribution in [2.45, 2.75) is 44.3 Å². The molecule has 5 heteroatoms. The number of H-pyrrole nitrogens is 1. The highest BCUT2D eigenvalue weighted by Gasteiger charge is 2.30. The average Bonchev–Trinajstić information content (AvgIpc) is 3.27. The highest BCUT2D eigenvalue weighted by atomic mass is 16.5. The summed E-state index contributed by atoms with van der Waals surface area (Å²) in [5, 5.41) is 9.79. The molecule has 0 aliphatic carbocycles. The quantitative estimate of drug-likeness (QED) is 0.755. The highest BCUT2D eigenvalue weighted by molar-refractivity contribution is 5.85. The number of hydrogen-bond donors (Lipinski definition) is 2. The largest absolute Gasteiger partial charge is 0.381 e. The van der Waals surface area contributed by atoms with Crippen molar-refractivity contribution < 1.29 is 4.74 Å². The van der Waals surface area contributed by atoms with Gasteiger partial charge < -0.3 is 15.0 Å². The number of nitrogens with zero attached hydrogens (tertiary/aromatic N) is 2. The van der Waals surface area contributed by atoms with Crippen molar-refractivity contribution in [1.29, 1.82) is 0 Å². The van der Waals surface area contributed by atoms with E-state index in [9.17, 15) is 0 Å². The normalized spacial score (nSPS) is 24.5. The van der Waals surface area contributed by atoms with E-state index in [4.69, 9.17) is 4.74 Å². The van der Waals surface area contributed by atoms with Crippen molar-refractivity contribution in [3.63, 3.8) is 0 Å². The maximum Gasteiger partial charge on any atom is 0.0765 e. The molecule has 1 saturated heterocycles. The van der Waals surface area contributed by atoms with E-state index < -0.39 is 0 Å². The van der Waals surface area contributed by atoms with E-state index in [-0.39, 0.29) is 6.04 Å². The molecule has 25 heavy (non-hydrogen) atoms. The van der Waals surface area contributed by atoms with Gasteiger partial charge in [0.25, 0.3) is 0 Å². The smallest absolute Gasteiger partial charge is 0.0765 e. The zero-order chi connectivity index (χ0) is 16.8. The lowest BCUT2D eigenvalue weighted by molar-refractivity contribution is 0.0662. The number of rotatable bonds is 2. The molecule has 0 radical (unpaired) electrons. The molecule has 2 aromatic heterocycles. The molecule has 4 heterocycles. The Balaban J connectivity index is 1.53. The third kappa shape index (κ3) is 2.58. The summed E-state index contributed by atoms with van der Waals surface area (Å²) in [7, 11) is 0. The Hall–Kier alpha value is -2.11. The number of fused-ring (bicyclic) bond motifs is 3. The van der Waals surface area contributed by atoms with E-state index in [0.29, 0.717) is 12.1 Å². The van der Waals surface area contributed by atoms with Gasteiger partial charge in [-0.1, -0.05) is 18.2 Å². The number of aromatic nitrogens is 3. The lowest BCUT2D eigenvalue weighted by Crippen LogP contribution is -2.37. The van der Waals surface area contributed by atoms with Gasteiger partial charge in [-0.3, -0.25) is 4.68 Å². The predicted molar refractivity (Wildman–Crippen MR) is 97.8 cm³/mol. The van der Waals surface area contributed by atoms with Gasteiger partial charge in [0.2, 0.25) is 0 Å². The van der Waals surface area contributed by atoms with Crippen LogP contribution < -0.4 is 5.32 Å².